The number of hydrogen-bond acceptors (Lipinski definition) is 3. The van der Waals surface area contributed by atoms with Gasteiger partial charge in [0, 0.05) is 13.1 Å². The first-order valence-electron chi connectivity index (χ1n) is 5.75. The highest BCUT2D eigenvalue weighted by molar-refractivity contribution is 7.80. The standard InChI is InChI=1S/C12H17N3OS/c13-12(17)14-10-3-1-2-4-11(10)15-7-5-9(16)6-8-15/h1-4,9,16H,5-8H2,(H3,13,14,17). The first-order valence-corrected chi connectivity index (χ1v) is 6.16. The van der Waals surface area contributed by atoms with Gasteiger partial charge < -0.3 is 21.1 Å². The van der Waals surface area contributed by atoms with Gasteiger partial charge in [-0.25, -0.2) is 0 Å². The Morgan fingerprint density at radius 2 is 2.00 bits per heavy atom. The van der Waals surface area contributed by atoms with Crippen molar-refractivity contribution in [1.29, 1.82) is 0 Å². The lowest BCUT2D eigenvalue weighted by molar-refractivity contribution is 0.145. The van der Waals surface area contributed by atoms with Crippen LogP contribution in [0.5, 0.6) is 0 Å². The first-order chi connectivity index (χ1) is 8.16. The molecule has 1 fully saturated rings. The molecular weight excluding hydrogens is 234 g/mol. The van der Waals surface area contributed by atoms with Gasteiger partial charge in [-0.1, -0.05) is 12.1 Å². The summed E-state index contributed by atoms with van der Waals surface area (Å²) in [7, 11) is 0. The van der Waals surface area contributed by atoms with Crippen molar-refractivity contribution in [2.45, 2.75) is 18.9 Å². The minimum absolute atomic E-state index is 0.165. The molecule has 0 unspecified atom stereocenters. The molecule has 0 atom stereocenters. The van der Waals surface area contributed by atoms with E-state index in [-0.39, 0.29) is 11.2 Å². The summed E-state index contributed by atoms with van der Waals surface area (Å²) in [5.74, 6) is 0. The van der Waals surface area contributed by atoms with Crippen LogP contribution in [0, 0.1) is 0 Å². The fraction of sp³-hybridized carbons (Fsp3) is 0.417. The molecule has 0 amide bonds. The average Bonchev–Trinajstić information content (AvgIpc) is 2.30. The maximum Gasteiger partial charge on any atom is 0.168 e. The monoisotopic (exact) mass is 251 g/mol. The van der Waals surface area contributed by atoms with E-state index in [4.69, 9.17) is 18.0 Å². The number of anilines is 2. The van der Waals surface area contributed by atoms with Crippen LogP contribution >= 0.6 is 12.2 Å². The number of nitrogens with one attached hydrogen (secondary N) is 1. The molecular formula is C12H17N3OS. The van der Waals surface area contributed by atoms with Crippen molar-refractivity contribution in [3.8, 4) is 0 Å². The zero-order valence-electron chi connectivity index (χ0n) is 9.60. The maximum absolute atomic E-state index is 9.51. The summed E-state index contributed by atoms with van der Waals surface area (Å²) in [6, 6.07) is 7.94. The minimum Gasteiger partial charge on any atom is -0.393 e. The van der Waals surface area contributed by atoms with E-state index in [9.17, 15) is 5.11 Å². The molecule has 2 rings (SSSR count). The lowest BCUT2D eigenvalue weighted by Gasteiger charge is -2.32. The molecule has 0 radical (unpaired) electrons. The Kier molecular flexibility index (Phi) is 3.81. The molecule has 1 heterocycles. The van der Waals surface area contributed by atoms with E-state index in [0.29, 0.717) is 0 Å². The van der Waals surface area contributed by atoms with E-state index < -0.39 is 0 Å². The third-order valence-corrected chi connectivity index (χ3v) is 3.07. The SMILES string of the molecule is NC(=S)Nc1ccccc1N1CCC(O)CC1. The highest BCUT2D eigenvalue weighted by atomic mass is 32.1. The molecule has 0 saturated carbocycles. The molecule has 0 aliphatic carbocycles. The van der Waals surface area contributed by atoms with Gasteiger partial charge in [0.05, 0.1) is 17.5 Å². The van der Waals surface area contributed by atoms with Crippen LogP contribution in [0.15, 0.2) is 24.3 Å². The normalized spacial score (nSPS) is 16.9. The second-order valence-electron chi connectivity index (χ2n) is 4.22. The molecule has 1 aromatic carbocycles. The van der Waals surface area contributed by atoms with Crippen molar-refractivity contribution < 1.29 is 5.11 Å². The Bertz CT molecular complexity index is 402. The number of rotatable bonds is 2. The highest BCUT2D eigenvalue weighted by Crippen LogP contribution is 2.28. The molecule has 1 saturated heterocycles. The Hall–Kier alpha value is -1.33. The number of hydrogen-bond donors (Lipinski definition) is 3. The summed E-state index contributed by atoms with van der Waals surface area (Å²) in [4.78, 5) is 2.24. The predicted octanol–water partition coefficient (Wildman–Crippen LogP) is 1.30. The Labute approximate surface area is 106 Å². The smallest absolute Gasteiger partial charge is 0.168 e. The van der Waals surface area contributed by atoms with E-state index in [1.165, 1.54) is 0 Å². The summed E-state index contributed by atoms with van der Waals surface area (Å²) < 4.78 is 0. The molecule has 4 N–H and O–H groups in total. The van der Waals surface area contributed by atoms with Crippen molar-refractivity contribution in [2.75, 3.05) is 23.3 Å². The second-order valence-corrected chi connectivity index (χ2v) is 4.66. The topological polar surface area (TPSA) is 61.5 Å². The third-order valence-electron chi connectivity index (χ3n) is 2.97. The van der Waals surface area contributed by atoms with E-state index >= 15 is 0 Å². The predicted molar refractivity (Wildman–Crippen MR) is 74.3 cm³/mol. The van der Waals surface area contributed by atoms with Gasteiger partial charge in [-0.15, -0.1) is 0 Å². The van der Waals surface area contributed by atoms with Crippen molar-refractivity contribution in [1.82, 2.24) is 0 Å². The van der Waals surface area contributed by atoms with Crippen molar-refractivity contribution in [3.05, 3.63) is 24.3 Å². The molecule has 1 aliphatic rings. The average molecular weight is 251 g/mol. The Morgan fingerprint density at radius 1 is 1.35 bits per heavy atom. The molecule has 1 aliphatic heterocycles. The zero-order valence-corrected chi connectivity index (χ0v) is 10.4. The highest BCUT2D eigenvalue weighted by Gasteiger charge is 2.19. The van der Waals surface area contributed by atoms with Gasteiger partial charge in [0.1, 0.15) is 0 Å². The van der Waals surface area contributed by atoms with Crippen LogP contribution in [0.2, 0.25) is 0 Å². The van der Waals surface area contributed by atoms with Gasteiger partial charge in [-0.05, 0) is 37.2 Å². The van der Waals surface area contributed by atoms with Crippen LogP contribution in [0.3, 0.4) is 0 Å². The van der Waals surface area contributed by atoms with Crippen LogP contribution in [0.1, 0.15) is 12.8 Å². The number of piperidine rings is 1. The van der Waals surface area contributed by atoms with Crippen LogP contribution in [0.25, 0.3) is 0 Å². The van der Waals surface area contributed by atoms with Crippen LogP contribution < -0.4 is 16.0 Å². The van der Waals surface area contributed by atoms with Crippen molar-refractivity contribution >= 4 is 28.7 Å². The molecule has 17 heavy (non-hydrogen) atoms. The van der Waals surface area contributed by atoms with Crippen molar-refractivity contribution in [2.24, 2.45) is 5.73 Å². The summed E-state index contributed by atoms with van der Waals surface area (Å²) in [6.45, 7) is 1.72. The summed E-state index contributed by atoms with van der Waals surface area (Å²) >= 11 is 4.87. The number of para-hydroxylation sites is 2. The van der Waals surface area contributed by atoms with Gasteiger partial charge in [0.25, 0.3) is 0 Å². The van der Waals surface area contributed by atoms with E-state index in [0.717, 1.165) is 37.3 Å². The Morgan fingerprint density at radius 3 is 2.65 bits per heavy atom. The van der Waals surface area contributed by atoms with Gasteiger partial charge in [-0.2, -0.15) is 0 Å². The fourth-order valence-corrected chi connectivity index (χ4v) is 2.20. The molecule has 5 heteroatoms. The summed E-state index contributed by atoms with van der Waals surface area (Å²) in [5, 5.41) is 12.8. The summed E-state index contributed by atoms with van der Waals surface area (Å²) in [5.41, 5.74) is 7.52. The lowest BCUT2D eigenvalue weighted by atomic mass is 10.1. The first kappa shape index (κ1) is 12.1. The van der Waals surface area contributed by atoms with Gasteiger partial charge in [0.2, 0.25) is 0 Å². The van der Waals surface area contributed by atoms with E-state index in [1.807, 2.05) is 24.3 Å². The number of aliphatic hydroxyl groups excluding tert-OH is 1. The number of benzene rings is 1. The zero-order chi connectivity index (χ0) is 12.3. The number of nitrogens with two attached hydrogens (primary N) is 1. The molecule has 0 bridgehead atoms. The maximum atomic E-state index is 9.51. The van der Waals surface area contributed by atoms with Crippen LogP contribution in [-0.2, 0) is 0 Å². The quantitative estimate of drug-likeness (QED) is 0.692. The Balaban J connectivity index is 2.16. The second kappa shape index (κ2) is 5.33. The third kappa shape index (κ3) is 3.08. The summed E-state index contributed by atoms with van der Waals surface area (Å²) in [6.07, 6.45) is 1.45. The van der Waals surface area contributed by atoms with Crippen LogP contribution in [0.4, 0.5) is 11.4 Å². The van der Waals surface area contributed by atoms with E-state index in [1.54, 1.807) is 0 Å². The van der Waals surface area contributed by atoms with Gasteiger partial charge in [0.15, 0.2) is 5.11 Å². The van der Waals surface area contributed by atoms with E-state index in [2.05, 4.69) is 10.2 Å². The number of thiocarbonyl (C=S) groups is 1. The van der Waals surface area contributed by atoms with Crippen molar-refractivity contribution in [3.63, 3.8) is 0 Å². The number of aliphatic hydroxyl groups is 1. The molecule has 0 aromatic heterocycles. The minimum atomic E-state index is -0.165. The number of nitrogens with zero attached hydrogens (tertiary/aromatic N) is 1. The van der Waals surface area contributed by atoms with Gasteiger partial charge in [-0.3, -0.25) is 0 Å². The molecule has 0 spiro atoms. The van der Waals surface area contributed by atoms with Crippen LogP contribution in [-0.4, -0.2) is 29.4 Å². The van der Waals surface area contributed by atoms with Gasteiger partial charge >= 0.3 is 0 Å². The lowest BCUT2D eigenvalue weighted by Crippen LogP contribution is -2.36. The molecule has 1 aromatic rings. The largest absolute Gasteiger partial charge is 0.393 e. The fourth-order valence-electron chi connectivity index (χ4n) is 2.09. The molecule has 92 valence electrons. The molecule has 4 nitrogen and oxygen atoms in total.